The molecule has 2 rings (SSSR count). The number of nitrogens with one attached hydrogen (secondary N) is 2. The summed E-state index contributed by atoms with van der Waals surface area (Å²) in [5.41, 5.74) is 7.58. The minimum atomic E-state index is -0.610. The van der Waals surface area contributed by atoms with Crippen molar-refractivity contribution in [1.82, 2.24) is 10.2 Å². The number of nitrogens with two attached hydrogens (primary N) is 1. The van der Waals surface area contributed by atoms with Crippen LogP contribution in [-0.4, -0.2) is 55.6 Å². The third-order valence-corrected chi connectivity index (χ3v) is 4.23. The molecular weight excluding hydrogens is 320 g/mol. The van der Waals surface area contributed by atoms with Crippen LogP contribution in [0.4, 0.5) is 5.69 Å². The van der Waals surface area contributed by atoms with Crippen molar-refractivity contribution in [3.63, 3.8) is 0 Å². The molecule has 1 aromatic rings. The van der Waals surface area contributed by atoms with Gasteiger partial charge in [-0.1, -0.05) is 32.0 Å². The van der Waals surface area contributed by atoms with Crippen LogP contribution in [-0.2, 0) is 20.9 Å². The van der Waals surface area contributed by atoms with Crippen molar-refractivity contribution < 1.29 is 14.3 Å². The molecule has 1 fully saturated rings. The number of benzene rings is 1. The second-order valence-electron chi connectivity index (χ2n) is 6.58. The van der Waals surface area contributed by atoms with E-state index in [1.807, 2.05) is 38.1 Å². The molecule has 25 heavy (non-hydrogen) atoms. The molecule has 7 heteroatoms. The number of para-hydroxylation sites is 1. The molecular formula is C18H28N4O3. The van der Waals surface area contributed by atoms with Gasteiger partial charge in [0.25, 0.3) is 0 Å². The molecule has 0 saturated carbocycles. The molecule has 1 saturated heterocycles. The number of amides is 2. The number of ether oxygens (including phenoxy) is 1. The largest absolute Gasteiger partial charge is 0.379 e. The summed E-state index contributed by atoms with van der Waals surface area (Å²) in [4.78, 5) is 26.3. The summed E-state index contributed by atoms with van der Waals surface area (Å²) >= 11 is 0. The van der Waals surface area contributed by atoms with E-state index in [1.165, 1.54) is 0 Å². The van der Waals surface area contributed by atoms with E-state index >= 15 is 0 Å². The van der Waals surface area contributed by atoms with Gasteiger partial charge in [-0.2, -0.15) is 0 Å². The second kappa shape index (κ2) is 9.50. The summed E-state index contributed by atoms with van der Waals surface area (Å²) in [6.45, 7) is 7.62. The highest BCUT2D eigenvalue weighted by atomic mass is 16.5. The molecule has 1 atom stereocenters. The zero-order chi connectivity index (χ0) is 18.2. The van der Waals surface area contributed by atoms with Gasteiger partial charge >= 0.3 is 0 Å². The summed E-state index contributed by atoms with van der Waals surface area (Å²) in [5, 5.41) is 5.45. The average Bonchev–Trinajstić information content (AvgIpc) is 2.61. The van der Waals surface area contributed by atoms with E-state index in [-0.39, 0.29) is 24.3 Å². The van der Waals surface area contributed by atoms with Crippen molar-refractivity contribution in [2.45, 2.75) is 26.4 Å². The Morgan fingerprint density at radius 2 is 1.92 bits per heavy atom. The standard InChI is InChI=1S/C18H28N4O3/c1-13(2)17(19)18(24)20-11-16(23)21-15-6-4-3-5-14(15)12-22-7-9-25-10-8-22/h3-6,13,17H,7-12,19H2,1-2H3,(H,20,24)(H,21,23)/t17-/m0/s1. The minimum Gasteiger partial charge on any atom is -0.379 e. The van der Waals surface area contributed by atoms with Gasteiger partial charge in [-0.3, -0.25) is 14.5 Å². The van der Waals surface area contributed by atoms with E-state index in [9.17, 15) is 9.59 Å². The van der Waals surface area contributed by atoms with Crippen LogP contribution in [0.15, 0.2) is 24.3 Å². The van der Waals surface area contributed by atoms with E-state index in [2.05, 4.69) is 15.5 Å². The summed E-state index contributed by atoms with van der Waals surface area (Å²) in [6, 6.07) is 7.09. The van der Waals surface area contributed by atoms with Crippen LogP contribution in [0.3, 0.4) is 0 Å². The molecule has 0 aromatic heterocycles. The SMILES string of the molecule is CC(C)[C@H](N)C(=O)NCC(=O)Nc1ccccc1CN1CCOCC1. The summed E-state index contributed by atoms with van der Waals surface area (Å²) < 4.78 is 5.36. The Hall–Kier alpha value is -1.96. The topological polar surface area (TPSA) is 96.7 Å². The fourth-order valence-corrected chi connectivity index (χ4v) is 2.56. The van der Waals surface area contributed by atoms with Crippen LogP contribution in [0, 0.1) is 5.92 Å². The molecule has 4 N–H and O–H groups in total. The average molecular weight is 348 g/mol. The van der Waals surface area contributed by atoms with Crippen LogP contribution in [0.25, 0.3) is 0 Å². The van der Waals surface area contributed by atoms with E-state index in [0.717, 1.165) is 44.1 Å². The van der Waals surface area contributed by atoms with E-state index in [1.54, 1.807) is 0 Å². The molecule has 7 nitrogen and oxygen atoms in total. The maximum atomic E-state index is 12.2. The molecule has 0 spiro atoms. The quantitative estimate of drug-likeness (QED) is 0.669. The molecule has 0 radical (unpaired) electrons. The first-order valence-electron chi connectivity index (χ1n) is 8.68. The third-order valence-electron chi connectivity index (χ3n) is 4.23. The second-order valence-corrected chi connectivity index (χ2v) is 6.58. The van der Waals surface area contributed by atoms with E-state index < -0.39 is 6.04 Å². The lowest BCUT2D eigenvalue weighted by atomic mass is 10.1. The Labute approximate surface area is 148 Å². The van der Waals surface area contributed by atoms with Crippen molar-refractivity contribution in [2.75, 3.05) is 38.2 Å². The van der Waals surface area contributed by atoms with Gasteiger partial charge in [0.1, 0.15) is 0 Å². The zero-order valence-corrected chi connectivity index (χ0v) is 15.0. The fourth-order valence-electron chi connectivity index (χ4n) is 2.56. The molecule has 1 heterocycles. The first-order valence-corrected chi connectivity index (χ1v) is 8.68. The fraction of sp³-hybridized carbons (Fsp3) is 0.556. The lowest BCUT2D eigenvalue weighted by Crippen LogP contribution is -2.46. The van der Waals surface area contributed by atoms with Gasteiger partial charge in [-0.15, -0.1) is 0 Å². The van der Waals surface area contributed by atoms with Gasteiger partial charge in [0.05, 0.1) is 25.8 Å². The lowest BCUT2D eigenvalue weighted by Gasteiger charge is -2.27. The summed E-state index contributed by atoms with van der Waals surface area (Å²) in [6.07, 6.45) is 0. The molecule has 0 unspecified atom stereocenters. The molecule has 0 bridgehead atoms. The third kappa shape index (κ3) is 6.12. The van der Waals surface area contributed by atoms with Gasteiger partial charge in [-0.05, 0) is 17.5 Å². The van der Waals surface area contributed by atoms with Crippen molar-refractivity contribution in [1.29, 1.82) is 0 Å². The molecule has 1 aromatic carbocycles. The number of nitrogens with zero attached hydrogens (tertiary/aromatic N) is 1. The van der Waals surface area contributed by atoms with Crippen molar-refractivity contribution in [3.05, 3.63) is 29.8 Å². The van der Waals surface area contributed by atoms with Crippen molar-refractivity contribution >= 4 is 17.5 Å². The molecule has 2 amide bonds. The predicted octanol–water partition coefficient (Wildman–Crippen LogP) is 0.557. The van der Waals surface area contributed by atoms with Gasteiger partial charge in [-0.25, -0.2) is 0 Å². The molecule has 0 aliphatic carbocycles. The number of morpholine rings is 1. The molecule has 1 aliphatic rings. The first-order chi connectivity index (χ1) is 12.0. The highest BCUT2D eigenvalue weighted by Gasteiger charge is 2.18. The Morgan fingerprint density at radius 1 is 1.24 bits per heavy atom. The number of anilines is 1. The van der Waals surface area contributed by atoms with Crippen LogP contribution in [0.1, 0.15) is 19.4 Å². The summed E-state index contributed by atoms with van der Waals surface area (Å²) in [7, 11) is 0. The molecule has 1 aliphatic heterocycles. The van der Waals surface area contributed by atoms with Crippen LogP contribution in [0.5, 0.6) is 0 Å². The van der Waals surface area contributed by atoms with Gasteiger partial charge in [0.2, 0.25) is 11.8 Å². The van der Waals surface area contributed by atoms with Crippen molar-refractivity contribution in [3.8, 4) is 0 Å². The maximum Gasteiger partial charge on any atom is 0.243 e. The normalized spacial score (nSPS) is 16.5. The number of carbonyl (C=O) groups is 2. The van der Waals surface area contributed by atoms with Crippen LogP contribution < -0.4 is 16.4 Å². The summed E-state index contributed by atoms with van der Waals surface area (Å²) in [5.74, 6) is -0.553. The predicted molar refractivity (Wildman–Crippen MR) is 97.0 cm³/mol. The van der Waals surface area contributed by atoms with Crippen molar-refractivity contribution in [2.24, 2.45) is 11.7 Å². The lowest BCUT2D eigenvalue weighted by molar-refractivity contribution is -0.125. The number of carbonyl (C=O) groups excluding carboxylic acids is 2. The Morgan fingerprint density at radius 3 is 2.60 bits per heavy atom. The van der Waals surface area contributed by atoms with E-state index in [4.69, 9.17) is 10.5 Å². The highest BCUT2D eigenvalue weighted by Crippen LogP contribution is 2.17. The maximum absolute atomic E-state index is 12.2. The Balaban J connectivity index is 1.88. The Bertz CT molecular complexity index is 585. The number of rotatable bonds is 7. The Kier molecular flexibility index (Phi) is 7.36. The smallest absolute Gasteiger partial charge is 0.243 e. The first kappa shape index (κ1) is 19.4. The molecule has 138 valence electrons. The van der Waals surface area contributed by atoms with Gasteiger partial charge in [0.15, 0.2) is 0 Å². The van der Waals surface area contributed by atoms with Crippen LogP contribution >= 0.6 is 0 Å². The van der Waals surface area contributed by atoms with Crippen LogP contribution in [0.2, 0.25) is 0 Å². The highest BCUT2D eigenvalue weighted by molar-refractivity contribution is 5.95. The number of hydrogen-bond acceptors (Lipinski definition) is 5. The van der Waals surface area contributed by atoms with Gasteiger partial charge in [0, 0.05) is 25.3 Å². The van der Waals surface area contributed by atoms with Gasteiger partial charge < -0.3 is 21.1 Å². The van der Waals surface area contributed by atoms with E-state index in [0.29, 0.717) is 0 Å². The monoisotopic (exact) mass is 348 g/mol. The number of hydrogen-bond donors (Lipinski definition) is 3. The minimum absolute atomic E-state index is 0.0253. The zero-order valence-electron chi connectivity index (χ0n) is 15.0.